The van der Waals surface area contributed by atoms with E-state index in [9.17, 15) is 4.79 Å². The van der Waals surface area contributed by atoms with Crippen LogP contribution in [0.5, 0.6) is 5.75 Å². The minimum absolute atomic E-state index is 0.116. The monoisotopic (exact) mass is 331 g/mol. The van der Waals surface area contributed by atoms with Crippen molar-refractivity contribution < 1.29 is 4.74 Å². The Kier molecular flexibility index (Phi) is 3.43. The van der Waals surface area contributed by atoms with Gasteiger partial charge in [-0.05, 0) is 36.4 Å². The normalized spacial score (nSPS) is 10.9. The molecule has 0 radical (unpaired) electrons. The number of rotatable bonds is 3. The molecule has 0 bridgehead atoms. The summed E-state index contributed by atoms with van der Waals surface area (Å²) in [7, 11) is 1.67. The zero-order valence-corrected chi connectivity index (χ0v) is 13.4. The Morgan fingerprint density at radius 1 is 1.12 bits per heavy atom. The molecule has 0 N–H and O–H groups in total. The number of para-hydroxylation sites is 1. The molecule has 2 heterocycles. The molecule has 122 valence electrons. The van der Waals surface area contributed by atoms with Crippen LogP contribution in [-0.4, -0.2) is 19.2 Å². The summed E-state index contributed by atoms with van der Waals surface area (Å²) in [5, 5.41) is 17.7. The molecule has 25 heavy (non-hydrogen) atoms. The number of hydrogen-bond donors (Lipinski definition) is 0. The van der Waals surface area contributed by atoms with E-state index in [2.05, 4.69) is 16.3 Å². The Morgan fingerprint density at radius 2 is 1.88 bits per heavy atom. The third kappa shape index (κ3) is 2.40. The second-order valence-electron chi connectivity index (χ2n) is 5.56. The van der Waals surface area contributed by atoms with E-state index in [1.807, 2.05) is 22.6 Å². The first-order valence-corrected chi connectivity index (χ1v) is 7.64. The van der Waals surface area contributed by atoms with E-state index in [0.29, 0.717) is 28.3 Å². The van der Waals surface area contributed by atoms with Gasteiger partial charge in [-0.25, -0.2) is 0 Å². The van der Waals surface area contributed by atoms with E-state index in [4.69, 9.17) is 10.00 Å². The summed E-state index contributed by atoms with van der Waals surface area (Å²) in [5.41, 5.74) is 1.19. The van der Waals surface area contributed by atoms with Crippen molar-refractivity contribution in [2.75, 3.05) is 0 Å². The molecule has 0 aliphatic rings. The molecule has 0 unspecified atom stereocenters. The third-order valence-electron chi connectivity index (χ3n) is 4.04. The topological polar surface area (TPSA) is 85.2 Å². The van der Waals surface area contributed by atoms with Crippen molar-refractivity contribution in [3.63, 3.8) is 0 Å². The van der Waals surface area contributed by atoms with Crippen molar-refractivity contribution in [2.24, 2.45) is 7.05 Å². The number of aromatic nitrogens is 4. The number of benzene rings is 2. The summed E-state index contributed by atoms with van der Waals surface area (Å²) < 4.78 is 9.05. The van der Waals surface area contributed by atoms with Gasteiger partial charge in [-0.15, -0.1) is 10.2 Å². The number of ether oxygens (including phenoxy) is 1. The molecule has 0 aliphatic carbocycles. The largest absolute Gasteiger partial charge is 0.486 e. The zero-order chi connectivity index (χ0) is 17.4. The van der Waals surface area contributed by atoms with Gasteiger partial charge in [0.25, 0.3) is 5.56 Å². The fraction of sp³-hybridized carbons (Fsp3) is 0.111. The second kappa shape index (κ2) is 5.76. The molecule has 4 rings (SSSR count). The minimum atomic E-state index is -0.116. The van der Waals surface area contributed by atoms with Crippen molar-refractivity contribution in [3.8, 4) is 11.8 Å². The van der Waals surface area contributed by atoms with Gasteiger partial charge < -0.3 is 4.74 Å². The van der Waals surface area contributed by atoms with Crippen molar-refractivity contribution in [1.82, 2.24) is 19.2 Å². The van der Waals surface area contributed by atoms with Crippen LogP contribution in [0.3, 0.4) is 0 Å². The number of fused-ring (bicyclic) bond motifs is 3. The van der Waals surface area contributed by atoms with Gasteiger partial charge in [-0.1, -0.05) is 12.1 Å². The number of nitrogens with zero attached hydrogens (tertiary/aromatic N) is 5. The standard InChI is InChI=1S/C18H13N5O2/c1-22-17(24)14-4-2-3-5-15(14)23-16(20-21-18(22)23)11-25-13-8-6-12(10-19)7-9-13/h2-9H,11H2,1H3. The van der Waals surface area contributed by atoms with Gasteiger partial charge in [0.2, 0.25) is 5.78 Å². The van der Waals surface area contributed by atoms with Crippen LogP contribution in [0.4, 0.5) is 0 Å². The van der Waals surface area contributed by atoms with Crippen molar-refractivity contribution in [3.05, 3.63) is 70.3 Å². The molecule has 0 atom stereocenters. The number of aryl methyl sites for hydroxylation is 1. The summed E-state index contributed by atoms with van der Waals surface area (Å²) >= 11 is 0. The molecule has 0 amide bonds. The van der Waals surface area contributed by atoms with Crippen LogP contribution in [0.25, 0.3) is 16.7 Å². The predicted molar refractivity (Wildman–Crippen MR) is 91.2 cm³/mol. The SMILES string of the molecule is Cn1c(=O)c2ccccc2n2c(COc3ccc(C#N)cc3)nnc12. The molecule has 0 saturated carbocycles. The number of nitriles is 1. The molecule has 2 aromatic heterocycles. The van der Waals surface area contributed by atoms with E-state index in [1.165, 1.54) is 4.57 Å². The van der Waals surface area contributed by atoms with Gasteiger partial charge in [0.1, 0.15) is 12.4 Å². The van der Waals surface area contributed by atoms with Crippen LogP contribution in [0.1, 0.15) is 11.4 Å². The zero-order valence-electron chi connectivity index (χ0n) is 13.4. The van der Waals surface area contributed by atoms with Crippen molar-refractivity contribution in [1.29, 1.82) is 5.26 Å². The van der Waals surface area contributed by atoms with E-state index in [-0.39, 0.29) is 12.2 Å². The van der Waals surface area contributed by atoms with Gasteiger partial charge in [0, 0.05) is 7.05 Å². The fourth-order valence-electron chi connectivity index (χ4n) is 2.76. The molecule has 0 saturated heterocycles. The van der Waals surface area contributed by atoms with Crippen LogP contribution >= 0.6 is 0 Å². The van der Waals surface area contributed by atoms with Gasteiger partial charge in [-0.2, -0.15) is 5.26 Å². The first-order chi connectivity index (χ1) is 12.2. The van der Waals surface area contributed by atoms with Crippen molar-refractivity contribution >= 4 is 16.7 Å². The van der Waals surface area contributed by atoms with Crippen LogP contribution in [-0.2, 0) is 13.7 Å². The molecule has 7 nitrogen and oxygen atoms in total. The minimum Gasteiger partial charge on any atom is -0.486 e. The van der Waals surface area contributed by atoms with E-state index in [1.54, 1.807) is 37.4 Å². The fourth-order valence-corrected chi connectivity index (χ4v) is 2.76. The molecule has 0 aliphatic heterocycles. The Hall–Kier alpha value is -3.66. The highest BCUT2D eigenvalue weighted by Gasteiger charge is 2.14. The molecule has 0 fully saturated rings. The smallest absolute Gasteiger partial charge is 0.262 e. The van der Waals surface area contributed by atoms with Crippen LogP contribution in [0, 0.1) is 11.3 Å². The Labute approximate surface area is 142 Å². The van der Waals surface area contributed by atoms with Gasteiger partial charge >= 0.3 is 0 Å². The highest BCUT2D eigenvalue weighted by molar-refractivity contribution is 5.80. The number of hydrogen-bond acceptors (Lipinski definition) is 5. The molecule has 2 aromatic carbocycles. The maximum Gasteiger partial charge on any atom is 0.262 e. The maximum absolute atomic E-state index is 12.4. The van der Waals surface area contributed by atoms with E-state index >= 15 is 0 Å². The third-order valence-corrected chi connectivity index (χ3v) is 4.04. The molecule has 0 spiro atoms. The molecule has 4 aromatic rings. The first kappa shape index (κ1) is 14.9. The summed E-state index contributed by atoms with van der Waals surface area (Å²) in [5.74, 6) is 1.68. The molecule has 7 heteroatoms. The summed E-state index contributed by atoms with van der Waals surface area (Å²) in [6, 6.07) is 16.2. The quantitative estimate of drug-likeness (QED) is 0.573. The summed E-state index contributed by atoms with van der Waals surface area (Å²) in [4.78, 5) is 12.4. The molecular weight excluding hydrogens is 318 g/mol. The van der Waals surface area contributed by atoms with Gasteiger partial charge in [-0.3, -0.25) is 13.8 Å². The van der Waals surface area contributed by atoms with E-state index < -0.39 is 0 Å². The van der Waals surface area contributed by atoms with Crippen LogP contribution in [0.2, 0.25) is 0 Å². The maximum atomic E-state index is 12.4. The van der Waals surface area contributed by atoms with Crippen LogP contribution in [0.15, 0.2) is 53.3 Å². The second-order valence-corrected chi connectivity index (χ2v) is 5.56. The lowest BCUT2D eigenvalue weighted by atomic mass is 10.2. The Morgan fingerprint density at radius 3 is 2.64 bits per heavy atom. The molecular formula is C18H13N5O2. The van der Waals surface area contributed by atoms with Crippen molar-refractivity contribution in [2.45, 2.75) is 6.61 Å². The van der Waals surface area contributed by atoms with E-state index in [0.717, 1.165) is 5.52 Å². The first-order valence-electron chi connectivity index (χ1n) is 7.64. The average Bonchev–Trinajstić information content (AvgIpc) is 3.09. The van der Waals surface area contributed by atoms with Gasteiger partial charge in [0.15, 0.2) is 5.82 Å². The lowest BCUT2D eigenvalue weighted by molar-refractivity contribution is 0.295. The lowest BCUT2D eigenvalue weighted by Crippen LogP contribution is -2.20. The highest BCUT2D eigenvalue weighted by Crippen LogP contribution is 2.17. The Bertz CT molecular complexity index is 1180. The predicted octanol–water partition coefficient (Wildman–Crippen LogP) is 2.03. The highest BCUT2D eigenvalue weighted by atomic mass is 16.5. The van der Waals surface area contributed by atoms with Gasteiger partial charge in [0.05, 0.1) is 22.5 Å². The van der Waals surface area contributed by atoms with Crippen LogP contribution < -0.4 is 10.3 Å². The lowest BCUT2D eigenvalue weighted by Gasteiger charge is -2.08. The summed E-state index contributed by atoms with van der Waals surface area (Å²) in [6.07, 6.45) is 0. The summed E-state index contributed by atoms with van der Waals surface area (Å²) in [6.45, 7) is 0.190. The Balaban J connectivity index is 1.78. The average molecular weight is 331 g/mol.